The normalized spacial score (nSPS) is 11.8. The predicted octanol–water partition coefficient (Wildman–Crippen LogP) is 3.54. The summed E-state index contributed by atoms with van der Waals surface area (Å²) in [7, 11) is 0. The van der Waals surface area contributed by atoms with Crippen LogP contribution >= 0.6 is 0 Å². The van der Waals surface area contributed by atoms with Gasteiger partial charge >= 0.3 is 0 Å². The van der Waals surface area contributed by atoms with Crippen molar-refractivity contribution in [2.75, 3.05) is 0 Å². The van der Waals surface area contributed by atoms with E-state index in [1.807, 2.05) is 6.07 Å². The van der Waals surface area contributed by atoms with E-state index in [4.69, 9.17) is 0 Å². The molecule has 3 nitrogen and oxygen atoms in total. The maximum absolute atomic E-state index is 4.64. The fraction of sp³-hybridized carbons (Fsp3) is 0.286. The largest absolute Gasteiger partial charge is 0.359 e. The second-order valence-corrected chi connectivity index (χ2v) is 4.77. The smallest absolute Gasteiger partial charge is 0.132 e. The van der Waals surface area contributed by atoms with Crippen molar-refractivity contribution in [1.29, 1.82) is 0 Å². The van der Waals surface area contributed by atoms with Crippen molar-refractivity contribution < 1.29 is 0 Å². The van der Waals surface area contributed by atoms with E-state index in [0.29, 0.717) is 5.92 Å². The molecule has 1 aromatic carbocycles. The van der Waals surface area contributed by atoms with Gasteiger partial charge < -0.3 is 4.98 Å². The van der Waals surface area contributed by atoms with E-state index in [1.165, 1.54) is 0 Å². The molecule has 1 N–H and O–H groups in total. The van der Waals surface area contributed by atoms with Crippen LogP contribution in [-0.2, 0) is 0 Å². The standard InChI is InChI=1S/C14H15N3/c1-8(2)14-16-12-7-6-11-10(13(12)17-14)5-4-9(3)15-11/h4-8,15H,1-3H3. The van der Waals surface area contributed by atoms with Gasteiger partial charge in [0.2, 0.25) is 0 Å². The van der Waals surface area contributed by atoms with Crippen LogP contribution in [0.25, 0.3) is 21.9 Å². The van der Waals surface area contributed by atoms with Crippen molar-refractivity contribution in [2.45, 2.75) is 26.7 Å². The highest BCUT2D eigenvalue weighted by molar-refractivity contribution is 6.02. The second kappa shape index (κ2) is 3.55. The zero-order chi connectivity index (χ0) is 12.0. The number of nitrogens with one attached hydrogen (secondary N) is 1. The molecule has 0 unspecified atom stereocenters. The highest BCUT2D eigenvalue weighted by atomic mass is 14.9. The fourth-order valence-corrected chi connectivity index (χ4v) is 2.07. The molecule has 0 aliphatic heterocycles. The maximum Gasteiger partial charge on any atom is 0.132 e. The molecule has 3 heteroatoms. The Morgan fingerprint density at radius 1 is 1.06 bits per heavy atom. The van der Waals surface area contributed by atoms with Gasteiger partial charge in [-0.2, -0.15) is 0 Å². The molecular formula is C14H15N3. The first-order valence-electron chi connectivity index (χ1n) is 5.91. The van der Waals surface area contributed by atoms with Gasteiger partial charge in [-0.05, 0) is 31.2 Å². The van der Waals surface area contributed by atoms with E-state index < -0.39 is 0 Å². The minimum absolute atomic E-state index is 0.367. The quantitative estimate of drug-likeness (QED) is 0.688. The van der Waals surface area contributed by atoms with Crippen molar-refractivity contribution in [3.8, 4) is 0 Å². The lowest BCUT2D eigenvalue weighted by Crippen LogP contribution is -1.88. The third-order valence-corrected chi connectivity index (χ3v) is 3.01. The Hall–Kier alpha value is -1.90. The van der Waals surface area contributed by atoms with E-state index in [-0.39, 0.29) is 0 Å². The summed E-state index contributed by atoms with van der Waals surface area (Å²) in [6.07, 6.45) is 0. The molecule has 17 heavy (non-hydrogen) atoms. The van der Waals surface area contributed by atoms with Crippen LogP contribution in [0.2, 0.25) is 0 Å². The Bertz CT molecular complexity index is 695. The highest BCUT2D eigenvalue weighted by Gasteiger charge is 2.10. The fourth-order valence-electron chi connectivity index (χ4n) is 2.07. The second-order valence-electron chi connectivity index (χ2n) is 4.77. The molecule has 86 valence electrons. The van der Waals surface area contributed by atoms with Gasteiger partial charge in [-0.25, -0.2) is 9.97 Å². The zero-order valence-electron chi connectivity index (χ0n) is 10.3. The summed E-state index contributed by atoms with van der Waals surface area (Å²) in [6, 6.07) is 8.30. The van der Waals surface area contributed by atoms with E-state index in [2.05, 4.69) is 53.9 Å². The van der Waals surface area contributed by atoms with Gasteiger partial charge in [-0.1, -0.05) is 13.8 Å². The molecule has 0 saturated heterocycles. The summed E-state index contributed by atoms with van der Waals surface area (Å²) >= 11 is 0. The van der Waals surface area contributed by atoms with Crippen molar-refractivity contribution >= 4 is 21.9 Å². The predicted molar refractivity (Wildman–Crippen MR) is 70.2 cm³/mol. The summed E-state index contributed by atoms with van der Waals surface area (Å²) < 4.78 is 0. The third kappa shape index (κ3) is 1.58. The number of imidazole rings is 1. The number of H-pyrrole nitrogens is 1. The molecule has 3 aromatic rings. The molecule has 0 saturated carbocycles. The van der Waals surface area contributed by atoms with Crippen LogP contribution in [0.5, 0.6) is 0 Å². The van der Waals surface area contributed by atoms with Gasteiger partial charge in [0.1, 0.15) is 11.3 Å². The van der Waals surface area contributed by atoms with Crippen LogP contribution in [0.4, 0.5) is 0 Å². The minimum atomic E-state index is 0.367. The average molecular weight is 225 g/mol. The molecule has 0 fully saturated rings. The summed E-state index contributed by atoms with van der Waals surface area (Å²) in [5.74, 6) is 1.29. The van der Waals surface area contributed by atoms with Crippen LogP contribution in [-0.4, -0.2) is 15.0 Å². The molecular weight excluding hydrogens is 210 g/mol. The Morgan fingerprint density at radius 2 is 1.88 bits per heavy atom. The van der Waals surface area contributed by atoms with Gasteiger partial charge in [-0.3, -0.25) is 0 Å². The number of nitrogens with zero attached hydrogens (tertiary/aromatic N) is 2. The molecule has 0 aliphatic carbocycles. The summed E-state index contributed by atoms with van der Waals surface area (Å²) in [5, 5.41) is 1.15. The van der Waals surface area contributed by atoms with Gasteiger partial charge in [0, 0.05) is 22.5 Å². The molecule has 0 radical (unpaired) electrons. The molecule has 0 amide bonds. The SMILES string of the molecule is Cc1ccc2c(ccc3nc(C(C)C)nc32)[nH]1. The van der Waals surface area contributed by atoms with Crippen molar-refractivity contribution in [3.05, 3.63) is 35.8 Å². The lowest BCUT2D eigenvalue weighted by Gasteiger charge is -2.00. The van der Waals surface area contributed by atoms with Crippen molar-refractivity contribution in [1.82, 2.24) is 15.0 Å². The van der Waals surface area contributed by atoms with Crippen molar-refractivity contribution in [3.63, 3.8) is 0 Å². The van der Waals surface area contributed by atoms with Gasteiger partial charge in [0.25, 0.3) is 0 Å². The Morgan fingerprint density at radius 3 is 2.65 bits per heavy atom. The number of aromatic amines is 1. The number of hydrogen-bond donors (Lipinski definition) is 1. The number of rotatable bonds is 1. The van der Waals surface area contributed by atoms with E-state index in [1.54, 1.807) is 0 Å². The first-order valence-corrected chi connectivity index (χ1v) is 5.91. The molecule has 3 rings (SSSR count). The van der Waals surface area contributed by atoms with Crippen LogP contribution in [0.3, 0.4) is 0 Å². The molecule has 0 aliphatic rings. The molecule has 0 atom stereocenters. The summed E-state index contributed by atoms with van der Waals surface area (Å²) in [6.45, 7) is 6.29. The molecule has 0 spiro atoms. The molecule has 0 bridgehead atoms. The van der Waals surface area contributed by atoms with Gasteiger partial charge in [-0.15, -0.1) is 0 Å². The van der Waals surface area contributed by atoms with Crippen LogP contribution in [0, 0.1) is 6.92 Å². The van der Waals surface area contributed by atoms with Crippen LogP contribution in [0.1, 0.15) is 31.3 Å². The number of aromatic nitrogens is 3. The highest BCUT2D eigenvalue weighted by Crippen LogP contribution is 2.24. The van der Waals surface area contributed by atoms with Gasteiger partial charge in [0.05, 0.1) is 5.52 Å². The first kappa shape index (κ1) is 10.3. The number of pyridine rings is 1. The zero-order valence-corrected chi connectivity index (χ0v) is 10.3. The van der Waals surface area contributed by atoms with E-state index in [9.17, 15) is 0 Å². The first-order chi connectivity index (χ1) is 8.15. The number of benzene rings is 1. The summed E-state index contributed by atoms with van der Waals surface area (Å²) in [5.41, 5.74) is 4.26. The lowest BCUT2D eigenvalue weighted by atomic mass is 10.2. The number of fused-ring (bicyclic) bond motifs is 3. The average Bonchev–Trinajstić information content (AvgIpc) is 2.72. The topological polar surface area (TPSA) is 41.6 Å². The van der Waals surface area contributed by atoms with Gasteiger partial charge in [0.15, 0.2) is 0 Å². The molecule has 2 heterocycles. The number of aryl methyl sites for hydroxylation is 1. The Balaban J connectivity index is 2.38. The Labute approximate surface area is 99.9 Å². The monoisotopic (exact) mass is 225 g/mol. The van der Waals surface area contributed by atoms with Crippen LogP contribution < -0.4 is 0 Å². The van der Waals surface area contributed by atoms with E-state index >= 15 is 0 Å². The lowest BCUT2D eigenvalue weighted by molar-refractivity contribution is 0.799. The minimum Gasteiger partial charge on any atom is -0.359 e. The molecule has 2 aromatic heterocycles. The van der Waals surface area contributed by atoms with Crippen molar-refractivity contribution in [2.24, 2.45) is 0 Å². The van der Waals surface area contributed by atoms with E-state index in [0.717, 1.165) is 33.5 Å². The Kier molecular flexibility index (Phi) is 2.15. The number of hydrogen-bond acceptors (Lipinski definition) is 2. The maximum atomic E-state index is 4.64. The summed E-state index contributed by atoms with van der Waals surface area (Å²) in [4.78, 5) is 12.6. The van der Waals surface area contributed by atoms with Crippen LogP contribution in [0.15, 0.2) is 24.3 Å². The third-order valence-electron chi connectivity index (χ3n) is 3.01.